The number of amides is 2. The third kappa shape index (κ3) is 6.01. The van der Waals surface area contributed by atoms with Crippen LogP contribution in [0.5, 0.6) is 0 Å². The Kier molecular flexibility index (Phi) is 7.83. The SMILES string of the molecule is CC(=O)N(Cc1ccccc1)[C@H](Cc1ccccc1)C(=O)NCCCO. The van der Waals surface area contributed by atoms with Crippen LogP contribution in [0, 0.1) is 0 Å². The van der Waals surface area contributed by atoms with Gasteiger partial charge in [-0.3, -0.25) is 9.59 Å². The Morgan fingerprint density at radius 3 is 2.12 bits per heavy atom. The number of nitrogens with one attached hydrogen (secondary N) is 1. The summed E-state index contributed by atoms with van der Waals surface area (Å²) in [6.45, 7) is 2.27. The van der Waals surface area contributed by atoms with Gasteiger partial charge in [0.1, 0.15) is 6.04 Å². The minimum Gasteiger partial charge on any atom is -0.396 e. The predicted octanol–water partition coefficient (Wildman–Crippen LogP) is 2.15. The lowest BCUT2D eigenvalue weighted by Crippen LogP contribution is -2.50. The zero-order chi connectivity index (χ0) is 18.8. The topological polar surface area (TPSA) is 69.6 Å². The van der Waals surface area contributed by atoms with E-state index in [1.807, 2.05) is 60.7 Å². The van der Waals surface area contributed by atoms with Crippen molar-refractivity contribution in [2.45, 2.75) is 32.4 Å². The molecule has 0 aromatic heterocycles. The Bertz CT molecular complexity index is 689. The molecule has 0 saturated carbocycles. The molecule has 0 radical (unpaired) electrons. The Balaban J connectivity index is 2.22. The van der Waals surface area contributed by atoms with Crippen molar-refractivity contribution in [1.29, 1.82) is 0 Å². The zero-order valence-electron chi connectivity index (χ0n) is 15.1. The van der Waals surface area contributed by atoms with Crippen LogP contribution < -0.4 is 5.32 Å². The Morgan fingerprint density at radius 2 is 1.58 bits per heavy atom. The second-order valence-electron chi connectivity index (χ2n) is 6.21. The van der Waals surface area contributed by atoms with E-state index in [1.54, 1.807) is 4.90 Å². The molecule has 1 atom stereocenters. The maximum Gasteiger partial charge on any atom is 0.243 e. The number of rotatable bonds is 9. The number of hydrogen-bond donors (Lipinski definition) is 2. The molecular weight excluding hydrogens is 328 g/mol. The second-order valence-corrected chi connectivity index (χ2v) is 6.21. The maximum atomic E-state index is 12.8. The van der Waals surface area contributed by atoms with Crippen LogP contribution in [-0.4, -0.2) is 41.0 Å². The Hall–Kier alpha value is -2.66. The lowest BCUT2D eigenvalue weighted by Gasteiger charge is -2.30. The highest BCUT2D eigenvalue weighted by atomic mass is 16.3. The molecule has 2 N–H and O–H groups in total. The molecule has 0 aliphatic carbocycles. The molecule has 0 saturated heterocycles. The summed E-state index contributed by atoms with van der Waals surface area (Å²) in [5, 5.41) is 11.8. The van der Waals surface area contributed by atoms with Crippen LogP contribution in [-0.2, 0) is 22.6 Å². The average Bonchev–Trinajstić information content (AvgIpc) is 2.66. The van der Waals surface area contributed by atoms with Crippen LogP contribution >= 0.6 is 0 Å². The van der Waals surface area contributed by atoms with E-state index in [1.165, 1.54) is 6.92 Å². The van der Waals surface area contributed by atoms with Crippen molar-refractivity contribution in [3.05, 3.63) is 71.8 Å². The van der Waals surface area contributed by atoms with E-state index in [4.69, 9.17) is 5.11 Å². The fraction of sp³-hybridized carbons (Fsp3) is 0.333. The molecule has 5 heteroatoms. The summed E-state index contributed by atoms with van der Waals surface area (Å²) < 4.78 is 0. The van der Waals surface area contributed by atoms with Crippen molar-refractivity contribution in [2.75, 3.05) is 13.2 Å². The fourth-order valence-corrected chi connectivity index (χ4v) is 2.81. The number of aliphatic hydroxyl groups excluding tert-OH is 1. The molecule has 138 valence electrons. The molecule has 0 fully saturated rings. The van der Waals surface area contributed by atoms with Crippen LogP contribution in [0.2, 0.25) is 0 Å². The maximum absolute atomic E-state index is 12.8. The molecule has 26 heavy (non-hydrogen) atoms. The molecule has 2 amide bonds. The van der Waals surface area contributed by atoms with Crippen molar-refractivity contribution >= 4 is 11.8 Å². The van der Waals surface area contributed by atoms with E-state index in [9.17, 15) is 9.59 Å². The third-order valence-electron chi connectivity index (χ3n) is 4.19. The van der Waals surface area contributed by atoms with Crippen molar-refractivity contribution in [1.82, 2.24) is 10.2 Å². The number of nitrogens with zero attached hydrogens (tertiary/aromatic N) is 1. The zero-order valence-corrected chi connectivity index (χ0v) is 15.1. The number of carbonyl (C=O) groups is 2. The molecule has 0 spiro atoms. The van der Waals surface area contributed by atoms with E-state index in [0.29, 0.717) is 25.9 Å². The molecule has 0 aliphatic rings. The minimum atomic E-state index is -0.603. The first-order valence-corrected chi connectivity index (χ1v) is 8.85. The second kappa shape index (κ2) is 10.4. The summed E-state index contributed by atoms with van der Waals surface area (Å²) >= 11 is 0. The van der Waals surface area contributed by atoms with Gasteiger partial charge < -0.3 is 15.3 Å². The van der Waals surface area contributed by atoms with Gasteiger partial charge in [-0.2, -0.15) is 0 Å². The first kappa shape index (κ1) is 19.7. The highest BCUT2D eigenvalue weighted by Gasteiger charge is 2.28. The van der Waals surface area contributed by atoms with Gasteiger partial charge in [0.2, 0.25) is 11.8 Å². The monoisotopic (exact) mass is 354 g/mol. The van der Waals surface area contributed by atoms with E-state index in [2.05, 4.69) is 5.32 Å². The van der Waals surface area contributed by atoms with Crippen LogP contribution in [0.1, 0.15) is 24.5 Å². The van der Waals surface area contributed by atoms with Crippen LogP contribution in [0.4, 0.5) is 0 Å². The number of hydrogen-bond acceptors (Lipinski definition) is 3. The normalized spacial score (nSPS) is 11.6. The number of benzene rings is 2. The minimum absolute atomic E-state index is 0.0179. The molecule has 2 aromatic rings. The highest BCUT2D eigenvalue weighted by molar-refractivity contribution is 5.87. The Morgan fingerprint density at radius 1 is 1.00 bits per heavy atom. The van der Waals surface area contributed by atoms with Crippen LogP contribution in [0.15, 0.2) is 60.7 Å². The lowest BCUT2D eigenvalue weighted by atomic mass is 10.0. The summed E-state index contributed by atoms with van der Waals surface area (Å²) in [5.74, 6) is -0.347. The molecular formula is C21H26N2O3. The molecule has 2 rings (SSSR count). The molecule has 0 bridgehead atoms. The predicted molar refractivity (Wildman–Crippen MR) is 101 cm³/mol. The average molecular weight is 354 g/mol. The smallest absolute Gasteiger partial charge is 0.243 e. The molecule has 0 unspecified atom stereocenters. The van der Waals surface area contributed by atoms with Gasteiger partial charge in [0, 0.05) is 33.0 Å². The summed E-state index contributed by atoms with van der Waals surface area (Å²) in [6, 6.07) is 18.7. The van der Waals surface area contributed by atoms with Gasteiger partial charge >= 0.3 is 0 Å². The fourth-order valence-electron chi connectivity index (χ4n) is 2.81. The van der Waals surface area contributed by atoms with Crippen molar-refractivity contribution < 1.29 is 14.7 Å². The summed E-state index contributed by atoms with van der Waals surface area (Å²) in [4.78, 5) is 26.7. The summed E-state index contributed by atoms with van der Waals surface area (Å²) in [7, 11) is 0. The highest BCUT2D eigenvalue weighted by Crippen LogP contribution is 2.14. The van der Waals surface area contributed by atoms with E-state index < -0.39 is 6.04 Å². The van der Waals surface area contributed by atoms with Crippen molar-refractivity contribution in [3.8, 4) is 0 Å². The summed E-state index contributed by atoms with van der Waals surface area (Å²) in [5.41, 5.74) is 1.97. The number of aliphatic hydroxyl groups is 1. The van der Waals surface area contributed by atoms with Crippen molar-refractivity contribution in [3.63, 3.8) is 0 Å². The lowest BCUT2D eigenvalue weighted by molar-refractivity contribution is -0.139. The third-order valence-corrected chi connectivity index (χ3v) is 4.19. The standard InChI is InChI=1S/C21H26N2O3/c1-17(25)23(16-19-11-6-3-7-12-19)20(21(26)22-13-8-14-24)15-18-9-4-2-5-10-18/h2-7,9-12,20,24H,8,13-16H2,1H3,(H,22,26)/t20-/m1/s1. The van der Waals surface area contributed by atoms with Gasteiger partial charge in [0.25, 0.3) is 0 Å². The molecule has 0 aliphatic heterocycles. The van der Waals surface area contributed by atoms with E-state index in [0.717, 1.165) is 11.1 Å². The van der Waals surface area contributed by atoms with Crippen molar-refractivity contribution in [2.24, 2.45) is 0 Å². The molecule has 5 nitrogen and oxygen atoms in total. The van der Waals surface area contributed by atoms with Gasteiger partial charge in [-0.05, 0) is 17.5 Å². The van der Waals surface area contributed by atoms with E-state index in [-0.39, 0.29) is 18.4 Å². The largest absolute Gasteiger partial charge is 0.396 e. The molecule has 0 heterocycles. The van der Waals surface area contributed by atoms with Gasteiger partial charge in [0.15, 0.2) is 0 Å². The summed E-state index contributed by atoms with van der Waals surface area (Å²) in [6.07, 6.45) is 0.931. The van der Waals surface area contributed by atoms with E-state index >= 15 is 0 Å². The quantitative estimate of drug-likeness (QED) is 0.678. The van der Waals surface area contributed by atoms with Gasteiger partial charge in [-0.25, -0.2) is 0 Å². The van der Waals surface area contributed by atoms with Gasteiger partial charge in [0.05, 0.1) is 0 Å². The first-order valence-electron chi connectivity index (χ1n) is 8.85. The van der Waals surface area contributed by atoms with Gasteiger partial charge in [-0.1, -0.05) is 60.7 Å². The molecule has 2 aromatic carbocycles. The first-order chi connectivity index (χ1) is 12.6. The Labute approximate surface area is 154 Å². The number of carbonyl (C=O) groups excluding carboxylic acids is 2. The van der Waals surface area contributed by atoms with Crippen LogP contribution in [0.3, 0.4) is 0 Å². The van der Waals surface area contributed by atoms with Crippen LogP contribution in [0.25, 0.3) is 0 Å². The van der Waals surface area contributed by atoms with Gasteiger partial charge in [-0.15, -0.1) is 0 Å².